The number of hydrogen-bond acceptors (Lipinski definition) is 6. The van der Waals surface area contributed by atoms with Gasteiger partial charge in [0.1, 0.15) is 10.6 Å². The maximum atomic E-state index is 13.0. The van der Waals surface area contributed by atoms with Crippen molar-refractivity contribution in [2.45, 2.75) is 25.7 Å². The molecule has 9 heteroatoms. The molecule has 0 aliphatic heterocycles. The van der Waals surface area contributed by atoms with Crippen LogP contribution in [0.15, 0.2) is 51.9 Å². The van der Waals surface area contributed by atoms with E-state index in [0.29, 0.717) is 22.7 Å². The fourth-order valence-corrected chi connectivity index (χ4v) is 4.00. The van der Waals surface area contributed by atoms with Gasteiger partial charge in [-0.3, -0.25) is 9.52 Å². The fourth-order valence-electron chi connectivity index (χ4n) is 2.75. The number of nitrogens with zero attached hydrogens (tertiary/aromatic N) is 1. The Morgan fingerprint density at radius 3 is 2.28 bits per heavy atom. The first-order valence-corrected chi connectivity index (χ1v) is 10.2. The summed E-state index contributed by atoms with van der Waals surface area (Å²) in [5.74, 6) is 0.490. The Bertz CT molecular complexity index is 1150. The molecule has 0 fully saturated rings. The van der Waals surface area contributed by atoms with Crippen LogP contribution < -0.4 is 14.8 Å². The smallest absolute Gasteiger partial charge is 0.265 e. The summed E-state index contributed by atoms with van der Waals surface area (Å²) in [7, 11) is -2.55. The minimum absolute atomic E-state index is 0.0307. The summed E-state index contributed by atoms with van der Waals surface area (Å²) in [6.45, 7) is 5.07. The van der Waals surface area contributed by atoms with Crippen LogP contribution in [0, 0.1) is 13.8 Å². The zero-order valence-corrected chi connectivity index (χ0v) is 17.3. The number of amides is 1. The van der Waals surface area contributed by atoms with Crippen molar-refractivity contribution in [2.24, 2.45) is 0 Å². The largest absolute Gasteiger partial charge is 0.495 e. The average molecular weight is 415 g/mol. The predicted molar refractivity (Wildman–Crippen MR) is 110 cm³/mol. The lowest BCUT2D eigenvalue weighted by Gasteiger charge is -2.13. The van der Waals surface area contributed by atoms with Crippen LogP contribution >= 0.6 is 0 Å². The lowest BCUT2D eigenvalue weighted by Crippen LogP contribution is -2.14. The minimum atomic E-state index is -3.95. The molecular weight excluding hydrogens is 394 g/mol. The number of aryl methyl sites for hydroxylation is 1. The average Bonchev–Trinajstić information content (AvgIpc) is 3.01. The van der Waals surface area contributed by atoms with Crippen molar-refractivity contribution >= 4 is 27.3 Å². The van der Waals surface area contributed by atoms with Gasteiger partial charge in [-0.05, 0) is 56.3 Å². The first-order valence-electron chi connectivity index (χ1n) is 8.73. The number of carbonyl (C=O) groups excluding carboxylic acids is 1. The summed E-state index contributed by atoms with van der Waals surface area (Å²) in [6.07, 6.45) is 0. The molecule has 2 aromatic carbocycles. The van der Waals surface area contributed by atoms with Gasteiger partial charge in [-0.25, -0.2) is 8.42 Å². The Kier molecular flexibility index (Phi) is 5.60. The SMILES string of the molecule is COc1ccc(-c2onc(C)c2C)cc1S(=O)(=O)Nc1ccc(NC(C)=O)cc1. The maximum Gasteiger partial charge on any atom is 0.265 e. The molecule has 0 bridgehead atoms. The molecule has 8 nitrogen and oxygen atoms in total. The molecule has 29 heavy (non-hydrogen) atoms. The minimum Gasteiger partial charge on any atom is -0.495 e. The third-order valence-electron chi connectivity index (χ3n) is 4.33. The zero-order chi connectivity index (χ0) is 21.2. The summed E-state index contributed by atoms with van der Waals surface area (Å²) in [5.41, 5.74) is 3.05. The molecular formula is C20H21N3O5S. The number of methoxy groups -OCH3 is 1. The molecule has 1 amide bonds. The first kappa shape index (κ1) is 20.4. The van der Waals surface area contributed by atoms with E-state index in [1.54, 1.807) is 36.4 Å². The molecule has 0 unspecified atom stereocenters. The van der Waals surface area contributed by atoms with Crippen molar-refractivity contribution in [3.63, 3.8) is 0 Å². The molecule has 0 atom stereocenters. The second kappa shape index (κ2) is 7.96. The van der Waals surface area contributed by atoms with E-state index in [9.17, 15) is 13.2 Å². The lowest BCUT2D eigenvalue weighted by atomic mass is 10.1. The van der Waals surface area contributed by atoms with E-state index < -0.39 is 10.0 Å². The molecule has 1 aromatic heterocycles. The van der Waals surface area contributed by atoms with Crippen LogP contribution in [0.25, 0.3) is 11.3 Å². The summed E-state index contributed by atoms with van der Waals surface area (Å²) >= 11 is 0. The molecule has 0 aliphatic carbocycles. The van der Waals surface area contributed by atoms with Crippen molar-refractivity contribution in [1.29, 1.82) is 0 Å². The van der Waals surface area contributed by atoms with E-state index >= 15 is 0 Å². The Labute approximate surface area is 168 Å². The van der Waals surface area contributed by atoms with Gasteiger partial charge in [0, 0.05) is 29.4 Å². The van der Waals surface area contributed by atoms with Crippen molar-refractivity contribution in [1.82, 2.24) is 5.16 Å². The third-order valence-corrected chi connectivity index (χ3v) is 5.73. The van der Waals surface area contributed by atoms with Crippen LogP contribution in [0.2, 0.25) is 0 Å². The van der Waals surface area contributed by atoms with E-state index in [4.69, 9.17) is 9.26 Å². The van der Waals surface area contributed by atoms with Crippen LogP contribution in [0.3, 0.4) is 0 Å². The second-order valence-corrected chi connectivity index (χ2v) is 8.10. The molecule has 0 saturated carbocycles. The zero-order valence-electron chi connectivity index (χ0n) is 16.4. The van der Waals surface area contributed by atoms with Crippen LogP contribution in [0.4, 0.5) is 11.4 Å². The van der Waals surface area contributed by atoms with Gasteiger partial charge in [0.05, 0.1) is 12.8 Å². The molecule has 2 N–H and O–H groups in total. The Morgan fingerprint density at radius 1 is 1.07 bits per heavy atom. The molecule has 1 heterocycles. The van der Waals surface area contributed by atoms with Crippen LogP contribution in [-0.4, -0.2) is 26.6 Å². The highest BCUT2D eigenvalue weighted by Crippen LogP contribution is 2.33. The molecule has 0 spiro atoms. The summed E-state index contributed by atoms with van der Waals surface area (Å²) < 4.78 is 39.1. The Morgan fingerprint density at radius 2 is 1.72 bits per heavy atom. The number of carbonyl (C=O) groups is 1. The quantitative estimate of drug-likeness (QED) is 0.635. The van der Waals surface area contributed by atoms with Crippen LogP contribution in [-0.2, 0) is 14.8 Å². The molecule has 3 rings (SSSR count). The van der Waals surface area contributed by atoms with Crippen molar-refractivity contribution < 1.29 is 22.5 Å². The number of rotatable bonds is 6. The van der Waals surface area contributed by atoms with Gasteiger partial charge in [0.25, 0.3) is 10.0 Å². The second-order valence-electron chi connectivity index (χ2n) is 6.45. The number of nitrogens with one attached hydrogen (secondary N) is 2. The number of ether oxygens (including phenoxy) is 1. The fraction of sp³-hybridized carbons (Fsp3) is 0.200. The molecule has 3 aromatic rings. The Hall–Kier alpha value is -3.33. The van der Waals surface area contributed by atoms with E-state index in [1.807, 2.05) is 13.8 Å². The van der Waals surface area contributed by atoms with Gasteiger partial charge in [0.15, 0.2) is 5.76 Å². The van der Waals surface area contributed by atoms with E-state index in [2.05, 4.69) is 15.2 Å². The van der Waals surface area contributed by atoms with Crippen molar-refractivity contribution in [3.8, 4) is 17.1 Å². The van der Waals surface area contributed by atoms with Crippen LogP contribution in [0.5, 0.6) is 5.75 Å². The Balaban J connectivity index is 1.96. The third kappa shape index (κ3) is 4.40. The maximum absolute atomic E-state index is 13.0. The summed E-state index contributed by atoms with van der Waals surface area (Å²) in [5, 5.41) is 6.55. The van der Waals surface area contributed by atoms with Gasteiger partial charge in [0.2, 0.25) is 5.91 Å². The van der Waals surface area contributed by atoms with Gasteiger partial charge in [-0.15, -0.1) is 0 Å². The van der Waals surface area contributed by atoms with Crippen molar-refractivity contribution in [3.05, 3.63) is 53.7 Å². The number of anilines is 2. The monoisotopic (exact) mass is 415 g/mol. The molecule has 0 aliphatic rings. The lowest BCUT2D eigenvalue weighted by molar-refractivity contribution is -0.114. The van der Waals surface area contributed by atoms with Gasteiger partial charge >= 0.3 is 0 Å². The molecule has 0 radical (unpaired) electrons. The molecule has 0 saturated heterocycles. The van der Waals surface area contributed by atoms with E-state index in [-0.39, 0.29) is 16.6 Å². The highest BCUT2D eigenvalue weighted by molar-refractivity contribution is 7.92. The topological polar surface area (TPSA) is 111 Å². The standard InChI is InChI=1S/C20H21N3O5S/c1-12-13(2)22-28-20(12)15-5-10-18(27-4)19(11-15)29(25,26)23-17-8-6-16(7-9-17)21-14(3)24/h5-11,23H,1-4H3,(H,21,24). The number of aromatic nitrogens is 1. The van der Waals surface area contributed by atoms with Gasteiger partial charge in [-0.2, -0.15) is 0 Å². The number of hydrogen-bond donors (Lipinski definition) is 2. The molecule has 152 valence electrons. The normalized spacial score (nSPS) is 11.2. The van der Waals surface area contributed by atoms with Gasteiger partial charge < -0.3 is 14.6 Å². The van der Waals surface area contributed by atoms with Crippen molar-refractivity contribution in [2.75, 3.05) is 17.1 Å². The first-order chi connectivity index (χ1) is 13.7. The summed E-state index contributed by atoms with van der Waals surface area (Å²) in [4.78, 5) is 11.1. The number of sulfonamides is 1. The van der Waals surface area contributed by atoms with E-state index in [1.165, 1.54) is 20.1 Å². The highest BCUT2D eigenvalue weighted by atomic mass is 32.2. The van der Waals surface area contributed by atoms with E-state index in [0.717, 1.165) is 11.3 Å². The summed E-state index contributed by atoms with van der Waals surface area (Å²) in [6, 6.07) is 11.1. The predicted octanol–water partition coefficient (Wildman–Crippen LogP) is 3.73. The highest BCUT2D eigenvalue weighted by Gasteiger charge is 2.22. The number of benzene rings is 2. The van der Waals surface area contributed by atoms with Crippen LogP contribution in [0.1, 0.15) is 18.2 Å². The van der Waals surface area contributed by atoms with Gasteiger partial charge in [-0.1, -0.05) is 5.16 Å².